The first-order chi connectivity index (χ1) is 14.5. The van der Waals surface area contributed by atoms with Crippen molar-refractivity contribution in [2.75, 3.05) is 12.4 Å². The van der Waals surface area contributed by atoms with Crippen molar-refractivity contribution in [3.8, 4) is 11.5 Å². The van der Waals surface area contributed by atoms with E-state index >= 15 is 0 Å². The number of amides is 1. The molecule has 0 aliphatic carbocycles. The lowest BCUT2D eigenvalue weighted by Crippen LogP contribution is -2.31. The standard InChI is InChI=1S/C20H19BrN6O3/c1-11-17(19(22)28)18(27-20(23-11)24-25-26-27)13-5-8-15(16(9-13)29-2)30-10-12-3-6-14(21)7-4-12/h3-9,18H,10H2,1-2H3,(H2,22,28)(H,23,24,26)/t18-/m1/s1. The molecule has 2 aromatic carbocycles. The molecule has 0 saturated heterocycles. The SMILES string of the molecule is COc1cc([C@@H]2C(C(N)=O)=C(C)Nc3nnnn32)ccc1OCc1ccc(Br)cc1. The maximum atomic E-state index is 12.2. The smallest absolute Gasteiger partial charge is 0.248 e. The molecule has 30 heavy (non-hydrogen) atoms. The van der Waals surface area contributed by atoms with E-state index in [4.69, 9.17) is 15.2 Å². The summed E-state index contributed by atoms with van der Waals surface area (Å²) >= 11 is 3.42. The molecule has 1 atom stereocenters. The number of nitrogens with one attached hydrogen (secondary N) is 1. The molecule has 2 heterocycles. The van der Waals surface area contributed by atoms with Crippen molar-refractivity contribution in [2.24, 2.45) is 5.73 Å². The van der Waals surface area contributed by atoms with Gasteiger partial charge in [0.25, 0.3) is 0 Å². The minimum absolute atomic E-state index is 0.375. The Kier molecular flexibility index (Phi) is 5.40. The van der Waals surface area contributed by atoms with E-state index in [9.17, 15) is 4.79 Å². The fraction of sp³-hybridized carbons (Fsp3) is 0.200. The van der Waals surface area contributed by atoms with Crippen molar-refractivity contribution in [3.05, 3.63) is 69.3 Å². The van der Waals surface area contributed by atoms with Crippen molar-refractivity contribution in [1.82, 2.24) is 20.2 Å². The average Bonchev–Trinajstić information content (AvgIpc) is 3.20. The molecule has 1 aromatic heterocycles. The Balaban J connectivity index is 1.66. The van der Waals surface area contributed by atoms with Crippen LogP contribution in [0.2, 0.25) is 0 Å². The first kappa shape index (κ1) is 19.9. The van der Waals surface area contributed by atoms with Gasteiger partial charge in [0.1, 0.15) is 12.6 Å². The van der Waals surface area contributed by atoms with Crippen LogP contribution < -0.4 is 20.5 Å². The molecule has 0 saturated carbocycles. The van der Waals surface area contributed by atoms with E-state index < -0.39 is 11.9 Å². The number of nitrogens with two attached hydrogens (primary N) is 1. The number of fused-ring (bicyclic) bond motifs is 1. The van der Waals surface area contributed by atoms with E-state index in [2.05, 4.69) is 36.8 Å². The van der Waals surface area contributed by atoms with E-state index in [1.807, 2.05) is 30.3 Å². The minimum Gasteiger partial charge on any atom is -0.493 e. The van der Waals surface area contributed by atoms with Gasteiger partial charge in [-0.25, -0.2) is 0 Å². The Bertz CT molecular complexity index is 1130. The van der Waals surface area contributed by atoms with Gasteiger partial charge in [0.05, 0.1) is 12.7 Å². The number of ether oxygens (including phenoxy) is 2. The Labute approximate surface area is 181 Å². The van der Waals surface area contributed by atoms with Crippen molar-refractivity contribution in [2.45, 2.75) is 19.6 Å². The molecule has 1 amide bonds. The molecule has 10 heteroatoms. The lowest BCUT2D eigenvalue weighted by atomic mass is 9.95. The number of rotatable bonds is 6. The molecule has 0 bridgehead atoms. The van der Waals surface area contributed by atoms with Gasteiger partial charge in [0, 0.05) is 10.2 Å². The first-order valence-corrected chi connectivity index (χ1v) is 9.88. The Morgan fingerprint density at radius 3 is 2.70 bits per heavy atom. The second kappa shape index (κ2) is 8.15. The number of aromatic nitrogens is 4. The molecule has 4 rings (SSSR count). The van der Waals surface area contributed by atoms with Gasteiger partial charge >= 0.3 is 0 Å². The summed E-state index contributed by atoms with van der Waals surface area (Å²) in [5.74, 6) is 0.980. The third-order valence-electron chi connectivity index (χ3n) is 4.79. The summed E-state index contributed by atoms with van der Waals surface area (Å²) in [5, 5.41) is 14.7. The lowest BCUT2D eigenvalue weighted by Gasteiger charge is -2.27. The Morgan fingerprint density at radius 1 is 1.23 bits per heavy atom. The van der Waals surface area contributed by atoms with Crippen LogP contribution in [0.5, 0.6) is 11.5 Å². The molecular formula is C20H19BrN6O3. The molecule has 9 nitrogen and oxygen atoms in total. The maximum Gasteiger partial charge on any atom is 0.248 e. The number of hydrogen-bond acceptors (Lipinski definition) is 7. The van der Waals surface area contributed by atoms with Crippen molar-refractivity contribution in [3.63, 3.8) is 0 Å². The van der Waals surface area contributed by atoms with Crippen LogP contribution in [0.15, 0.2) is 58.2 Å². The quantitative estimate of drug-likeness (QED) is 0.568. The maximum absolute atomic E-state index is 12.2. The normalized spacial score (nSPS) is 15.4. The summed E-state index contributed by atoms with van der Waals surface area (Å²) in [6.45, 7) is 2.15. The molecule has 3 aromatic rings. The third-order valence-corrected chi connectivity index (χ3v) is 5.32. The van der Waals surface area contributed by atoms with Crippen LogP contribution in [0.25, 0.3) is 0 Å². The highest BCUT2D eigenvalue weighted by Crippen LogP contribution is 2.38. The highest BCUT2D eigenvalue weighted by molar-refractivity contribution is 9.10. The number of hydrogen-bond donors (Lipinski definition) is 2. The monoisotopic (exact) mass is 470 g/mol. The van der Waals surface area contributed by atoms with Crippen molar-refractivity contribution < 1.29 is 14.3 Å². The molecule has 0 spiro atoms. The fourth-order valence-corrected chi connectivity index (χ4v) is 3.62. The largest absolute Gasteiger partial charge is 0.493 e. The molecule has 1 aliphatic heterocycles. The summed E-state index contributed by atoms with van der Waals surface area (Å²) in [7, 11) is 1.56. The number of carbonyl (C=O) groups is 1. The first-order valence-electron chi connectivity index (χ1n) is 9.08. The Hall–Kier alpha value is -3.40. The van der Waals surface area contributed by atoms with Crippen LogP contribution in [-0.4, -0.2) is 33.2 Å². The number of methoxy groups -OCH3 is 1. The van der Waals surface area contributed by atoms with Crippen molar-refractivity contribution in [1.29, 1.82) is 0 Å². The average molecular weight is 471 g/mol. The number of primary amides is 1. The van der Waals surface area contributed by atoms with E-state index in [1.165, 1.54) is 4.68 Å². The van der Waals surface area contributed by atoms with Gasteiger partial charge < -0.3 is 20.5 Å². The van der Waals surface area contributed by atoms with Gasteiger partial charge in [-0.3, -0.25) is 4.79 Å². The summed E-state index contributed by atoms with van der Waals surface area (Å²) in [4.78, 5) is 12.2. The van der Waals surface area contributed by atoms with Crippen molar-refractivity contribution >= 4 is 27.8 Å². The molecule has 0 fully saturated rings. The predicted octanol–water partition coefficient (Wildman–Crippen LogP) is 2.80. The number of carbonyl (C=O) groups excluding carboxylic acids is 1. The van der Waals surface area contributed by atoms with Crippen LogP contribution in [0.4, 0.5) is 5.95 Å². The highest BCUT2D eigenvalue weighted by atomic mass is 79.9. The molecule has 0 unspecified atom stereocenters. The van der Waals surface area contributed by atoms with Gasteiger partial charge in [-0.1, -0.05) is 39.2 Å². The lowest BCUT2D eigenvalue weighted by molar-refractivity contribution is -0.115. The van der Waals surface area contributed by atoms with Gasteiger partial charge in [0.15, 0.2) is 11.5 Å². The summed E-state index contributed by atoms with van der Waals surface area (Å²) in [6, 6.07) is 12.7. The summed E-state index contributed by atoms with van der Waals surface area (Å²) in [5.41, 5.74) is 8.40. The van der Waals surface area contributed by atoms with E-state index in [0.717, 1.165) is 15.6 Å². The number of anilines is 1. The summed E-state index contributed by atoms with van der Waals surface area (Å²) in [6.07, 6.45) is 0. The van der Waals surface area contributed by atoms with Crippen LogP contribution in [0.3, 0.4) is 0 Å². The van der Waals surface area contributed by atoms with Gasteiger partial charge in [-0.2, -0.15) is 4.68 Å². The topological polar surface area (TPSA) is 117 Å². The van der Waals surface area contributed by atoms with Crippen LogP contribution in [-0.2, 0) is 11.4 Å². The van der Waals surface area contributed by atoms with Gasteiger partial charge in [-0.15, -0.1) is 0 Å². The molecular weight excluding hydrogens is 452 g/mol. The number of tetrazole rings is 1. The number of halogens is 1. The second-order valence-electron chi connectivity index (χ2n) is 6.70. The van der Waals surface area contributed by atoms with E-state index in [1.54, 1.807) is 26.2 Å². The van der Waals surface area contributed by atoms with Gasteiger partial charge in [-0.05, 0) is 52.7 Å². The third kappa shape index (κ3) is 3.73. The highest BCUT2D eigenvalue weighted by Gasteiger charge is 2.33. The zero-order chi connectivity index (χ0) is 21.3. The zero-order valence-corrected chi connectivity index (χ0v) is 17.9. The number of nitrogens with zero attached hydrogens (tertiary/aromatic N) is 4. The van der Waals surface area contributed by atoms with Gasteiger partial charge in [0.2, 0.25) is 11.9 Å². The van der Waals surface area contributed by atoms with Crippen LogP contribution in [0.1, 0.15) is 24.1 Å². The second-order valence-corrected chi connectivity index (χ2v) is 7.62. The van der Waals surface area contributed by atoms with E-state index in [-0.39, 0.29) is 0 Å². The molecule has 3 N–H and O–H groups in total. The molecule has 1 aliphatic rings. The minimum atomic E-state index is -0.580. The van der Waals surface area contributed by atoms with Crippen LogP contribution in [0, 0.1) is 0 Å². The molecule has 154 valence electrons. The number of allylic oxidation sites excluding steroid dienone is 1. The number of benzene rings is 2. The Morgan fingerprint density at radius 2 is 2.00 bits per heavy atom. The predicted molar refractivity (Wildman–Crippen MR) is 113 cm³/mol. The molecule has 0 radical (unpaired) electrons. The summed E-state index contributed by atoms with van der Waals surface area (Å²) < 4.78 is 14.0. The zero-order valence-electron chi connectivity index (χ0n) is 16.3. The fourth-order valence-electron chi connectivity index (χ4n) is 3.35. The van der Waals surface area contributed by atoms with Crippen LogP contribution >= 0.6 is 15.9 Å². The van der Waals surface area contributed by atoms with E-state index in [0.29, 0.717) is 35.3 Å².